The summed E-state index contributed by atoms with van der Waals surface area (Å²) in [4.78, 5) is 0. The van der Waals surface area contributed by atoms with E-state index in [2.05, 4.69) is 19.1 Å². The van der Waals surface area contributed by atoms with Crippen molar-refractivity contribution in [2.75, 3.05) is 6.61 Å². The molecule has 0 heterocycles. The van der Waals surface area contributed by atoms with Gasteiger partial charge in [0, 0.05) is 6.61 Å². The van der Waals surface area contributed by atoms with Gasteiger partial charge in [-0.3, -0.25) is 0 Å². The fourth-order valence-corrected chi connectivity index (χ4v) is 2.36. The number of unbranched alkanes of at least 4 members (excludes halogenated alkanes) is 12. The van der Waals surface area contributed by atoms with Crippen molar-refractivity contribution < 1.29 is 5.11 Å². The number of hydrogen-bond donors (Lipinski definition) is 1. The number of hydrogen-bond acceptors (Lipinski definition) is 1. The topological polar surface area (TPSA) is 20.2 Å². The Kier molecular flexibility index (Phi) is 17.4. The first-order valence-electron chi connectivity index (χ1n) is 8.67. The average Bonchev–Trinajstić information content (AvgIpc) is 2.43. The predicted molar refractivity (Wildman–Crippen MR) is 86.5 cm³/mol. The van der Waals surface area contributed by atoms with Gasteiger partial charge in [0.25, 0.3) is 0 Å². The first-order chi connectivity index (χ1) is 9.41. The van der Waals surface area contributed by atoms with Crippen LogP contribution < -0.4 is 0 Å². The smallest absolute Gasteiger partial charge is 0.0431 e. The lowest BCUT2D eigenvalue weighted by molar-refractivity contribution is 0.282. The third kappa shape index (κ3) is 17.7. The van der Waals surface area contributed by atoms with Crippen molar-refractivity contribution in [3.8, 4) is 0 Å². The van der Waals surface area contributed by atoms with Crippen molar-refractivity contribution in [1.82, 2.24) is 0 Å². The summed E-state index contributed by atoms with van der Waals surface area (Å²) in [6, 6.07) is 0. The Balaban J connectivity index is 3.00. The van der Waals surface area contributed by atoms with Crippen LogP contribution in [0.3, 0.4) is 0 Å². The van der Waals surface area contributed by atoms with E-state index in [1.54, 1.807) is 0 Å². The van der Waals surface area contributed by atoms with E-state index in [-0.39, 0.29) is 0 Å². The average molecular weight is 268 g/mol. The molecule has 0 aliphatic carbocycles. The van der Waals surface area contributed by atoms with Gasteiger partial charge in [0.2, 0.25) is 0 Å². The van der Waals surface area contributed by atoms with Crippen molar-refractivity contribution in [3.05, 3.63) is 12.2 Å². The largest absolute Gasteiger partial charge is 0.396 e. The van der Waals surface area contributed by atoms with E-state index in [1.807, 2.05) is 0 Å². The summed E-state index contributed by atoms with van der Waals surface area (Å²) in [5.41, 5.74) is 0. The quantitative estimate of drug-likeness (QED) is 0.284. The van der Waals surface area contributed by atoms with E-state index >= 15 is 0 Å². The molecule has 0 radical (unpaired) electrons. The highest BCUT2D eigenvalue weighted by Gasteiger charge is 1.91. The van der Waals surface area contributed by atoms with Crippen molar-refractivity contribution in [3.63, 3.8) is 0 Å². The van der Waals surface area contributed by atoms with Crippen LogP contribution in [0, 0.1) is 0 Å². The number of rotatable bonds is 15. The lowest BCUT2D eigenvalue weighted by atomic mass is 10.1. The summed E-state index contributed by atoms with van der Waals surface area (Å²) in [5, 5.41) is 8.66. The van der Waals surface area contributed by atoms with Gasteiger partial charge in [0.15, 0.2) is 0 Å². The van der Waals surface area contributed by atoms with Gasteiger partial charge < -0.3 is 5.11 Å². The molecule has 0 saturated carbocycles. The molecule has 0 rings (SSSR count). The zero-order valence-corrected chi connectivity index (χ0v) is 13.2. The molecule has 1 nitrogen and oxygen atoms in total. The summed E-state index contributed by atoms with van der Waals surface area (Å²) in [6.45, 7) is 2.63. The number of allylic oxidation sites excluding steroid dienone is 2. The molecular formula is C18H36O. The van der Waals surface area contributed by atoms with Gasteiger partial charge in [-0.15, -0.1) is 0 Å². The predicted octanol–water partition coefficient (Wildman–Crippen LogP) is 6.02. The van der Waals surface area contributed by atoms with E-state index < -0.39 is 0 Å². The molecule has 0 unspecified atom stereocenters. The highest BCUT2D eigenvalue weighted by molar-refractivity contribution is 4.81. The summed E-state index contributed by atoms with van der Waals surface area (Å²) in [7, 11) is 0. The van der Waals surface area contributed by atoms with Crippen LogP contribution in [-0.4, -0.2) is 11.7 Å². The summed E-state index contributed by atoms with van der Waals surface area (Å²) >= 11 is 0. The normalized spacial score (nSPS) is 11.5. The Bertz CT molecular complexity index is 175. The molecule has 0 spiro atoms. The highest BCUT2D eigenvalue weighted by atomic mass is 16.2. The molecule has 0 bridgehead atoms. The van der Waals surface area contributed by atoms with E-state index in [4.69, 9.17) is 5.11 Å². The lowest BCUT2D eigenvalue weighted by Gasteiger charge is -1.99. The third-order valence-corrected chi connectivity index (χ3v) is 3.67. The van der Waals surface area contributed by atoms with Gasteiger partial charge in [0.1, 0.15) is 0 Å². The second-order valence-corrected chi connectivity index (χ2v) is 5.66. The third-order valence-electron chi connectivity index (χ3n) is 3.67. The van der Waals surface area contributed by atoms with Gasteiger partial charge in [-0.05, 0) is 32.1 Å². The fourth-order valence-electron chi connectivity index (χ4n) is 2.36. The van der Waals surface area contributed by atoms with Crippen LogP contribution in [-0.2, 0) is 0 Å². The minimum Gasteiger partial charge on any atom is -0.396 e. The second kappa shape index (κ2) is 17.7. The van der Waals surface area contributed by atoms with E-state index in [1.165, 1.54) is 83.5 Å². The number of aliphatic hydroxyl groups is 1. The standard InChI is InChI=1S/C18H36O/c1-2-3-4-5-6-7-8-9-10-11-12-13-14-15-16-17-18-19/h8-9,19H,2-7,10-18H2,1H3. The molecule has 1 heteroatoms. The molecule has 0 saturated heterocycles. The molecule has 0 aliphatic rings. The van der Waals surface area contributed by atoms with Crippen LogP contribution in [0.15, 0.2) is 12.2 Å². The summed E-state index contributed by atoms with van der Waals surface area (Å²) in [5.74, 6) is 0. The van der Waals surface area contributed by atoms with E-state index in [0.717, 1.165) is 6.42 Å². The summed E-state index contributed by atoms with van der Waals surface area (Å²) in [6.07, 6.45) is 23.2. The molecule has 0 aromatic rings. The maximum Gasteiger partial charge on any atom is 0.0431 e. The Labute approximate surface area is 121 Å². The van der Waals surface area contributed by atoms with E-state index in [0.29, 0.717) is 6.61 Å². The minimum absolute atomic E-state index is 0.364. The summed E-state index contributed by atoms with van der Waals surface area (Å²) < 4.78 is 0. The molecule has 0 aromatic heterocycles. The van der Waals surface area contributed by atoms with Crippen LogP contribution in [0.5, 0.6) is 0 Å². The maximum atomic E-state index is 8.66. The maximum absolute atomic E-state index is 8.66. The van der Waals surface area contributed by atoms with Gasteiger partial charge in [-0.2, -0.15) is 0 Å². The zero-order chi connectivity index (χ0) is 14.0. The number of aliphatic hydroxyl groups excluding tert-OH is 1. The van der Waals surface area contributed by atoms with Crippen LogP contribution in [0.4, 0.5) is 0 Å². The van der Waals surface area contributed by atoms with Gasteiger partial charge in [-0.25, -0.2) is 0 Å². The second-order valence-electron chi connectivity index (χ2n) is 5.66. The molecule has 0 amide bonds. The molecule has 114 valence electrons. The van der Waals surface area contributed by atoms with E-state index in [9.17, 15) is 0 Å². The molecule has 0 atom stereocenters. The fraction of sp³-hybridized carbons (Fsp3) is 0.889. The van der Waals surface area contributed by atoms with Crippen LogP contribution >= 0.6 is 0 Å². The zero-order valence-electron chi connectivity index (χ0n) is 13.2. The van der Waals surface area contributed by atoms with Gasteiger partial charge >= 0.3 is 0 Å². The van der Waals surface area contributed by atoms with Crippen molar-refractivity contribution >= 4 is 0 Å². The molecule has 19 heavy (non-hydrogen) atoms. The molecular weight excluding hydrogens is 232 g/mol. The Morgan fingerprint density at radius 3 is 1.47 bits per heavy atom. The van der Waals surface area contributed by atoms with Crippen molar-refractivity contribution in [2.45, 2.75) is 96.8 Å². The highest BCUT2D eigenvalue weighted by Crippen LogP contribution is 2.09. The van der Waals surface area contributed by atoms with Crippen molar-refractivity contribution in [2.24, 2.45) is 0 Å². The lowest BCUT2D eigenvalue weighted by Crippen LogP contribution is -1.83. The van der Waals surface area contributed by atoms with Crippen LogP contribution in [0.25, 0.3) is 0 Å². The molecule has 0 aliphatic heterocycles. The molecule has 1 N–H and O–H groups in total. The van der Waals surface area contributed by atoms with Crippen molar-refractivity contribution in [1.29, 1.82) is 0 Å². The van der Waals surface area contributed by atoms with Crippen LogP contribution in [0.2, 0.25) is 0 Å². The molecule has 0 aromatic carbocycles. The Morgan fingerprint density at radius 2 is 1.00 bits per heavy atom. The Morgan fingerprint density at radius 1 is 0.579 bits per heavy atom. The SMILES string of the molecule is CCCCCCCC=CCCCCCCCCCO. The van der Waals surface area contributed by atoms with Gasteiger partial charge in [0.05, 0.1) is 0 Å². The first-order valence-corrected chi connectivity index (χ1v) is 8.67. The minimum atomic E-state index is 0.364. The van der Waals surface area contributed by atoms with Gasteiger partial charge in [-0.1, -0.05) is 76.9 Å². The van der Waals surface area contributed by atoms with Crippen LogP contribution in [0.1, 0.15) is 96.8 Å². The molecule has 0 fully saturated rings. The monoisotopic (exact) mass is 268 g/mol. The Hall–Kier alpha value is -0.300. The first kappa shape index (κ1) is 18.7.